The molecule has 1 aromatic rings. The van der Waals surface area contributed by atoms with Gasteiger partial charge in [0, 0.05) is 48.8 Å². The summed E-state index contributed by atoms with van der Waals surface area (Å²) in [7, 11) is -3.53. The highest BCUT2D eigenvalue weighted by molar-refractivity contribution is 7.89. The molecule has 2 fully saturated rings. The van der Waals surface area contributed by atoms with E-state index in [0.29, 0.717) is 29.2 Å². The molecule has 2 aliphatic heterocycles. The Morgan fingerprint density at radius 1 is 1.04 bits per heavy atom. The largest absolute Gasteiger partial charge is 0.315 e. The highest BCUT2D eigenvalue weighted by atomic mass is 35.5. The quantitative estimate of drug-likeness (QED) is 0.844. The van der Waals surface area contributed by atoms with E-state index < -0.39 is 10.0 Å². The van der Waals surface area contributed by atoms with Gasteiger partial charge in [0.1, 0.15) is 0 Å². The van der Waals surface area contributed by atoms with E-state index >= 15 is 0 Å². The molecule has 1 aromatic carbocycles. The van der Waals surface area contributed by atoms with Crippen molar-refractivity contribution in [1.82, 2.24) is 14.5 Å². The molecule has 23 heavy (non-hydrogen) atoms. The van der Waals surface area contributed by atoms with E-state index in [1.165, 1.54) is 22.5 Å². The maximum Gasteiger partial charge on any atom is 0.243 e. The van der Waals surface area contributed by atoms with Crippen LogP contribution < -0.4 is 5.32 Å². The molecule has 0 bridgehead atoms. The lowest BCUT2D eigenvalue weighted by Gasteiger charge is -2.37. The first-order valence-electron chi connectivity index (χ1n) is 7.38. The standard InChI is InChI=1S/C14H19Cl2N3O2S.ClH/c15-11-7-12(16)9-14(8-11)22(20,21)19-5-3-18(4-6-19)13-1-2-17-10-13;/h7-9,13,17H,1-6,10H2;1H. The third kappa shape index (κ3) is 4.31. The molecule has 0 saturated carbocycles. The topological polar surface area (TPSA) is 52.7 Å². The molecular formula is C14H20Cl3N3O2S. The van der Waals surface area contributed by atoms with E-state index in [2.05, 4.69) is 10.2 Å². The predicted molar refractivity (Wildman–Crippen MR) is 95.3 cm³/mol. The van der Waals surface area contributed by atoms with Crippen LogP contribution in [-0.2, 0) is 10.0 Å². The van der Waals surface area contributed by atoms with Crippen molar-refractivity contribution in [3.63, 3.8) is 0 Å². The van der Waals surface area contributed by atoms with Crippen molar-refractivity contribution < 1.29 is 8.42 Å². The first kappa shape index (κ1) is 19.2. The number of sulfonamides is 1. The summed E-state index contributed by atoms with van der Waals surface area (Å²) in [6.45, 7) is 4.58. The van der Waals surface area contributed by atoms with Crippen LogP contribution in [0.3, 0.4) is 0 Å². The van der Waals surface area contributed by atoms with Gasteiger partial charge in [-0.05, 0) is 31.2 Å². The molecule has 0 radical (unpaired) electrons. The van der Waals surface area contributed by atoms with Gasteiger partial charge in [-0.15, -0.1) is 12.4 Å². The minimum atomic E-state index is -3.53. The zero-order valence-electron chi connectivity index (χ0n) is 12.5. The molecule has 1 N–H and O–H groups in total. The van der Waals surface area contributed by atoms with Crippen molar-refractivity contribution in [3.05, 3.63) is 28.2 Å². The summed E-state index contributed by atoms with van der Waals surface area (Å²) in [6, 6.07) is 4.98. The predicted octanol–water partition coefficient (Wildman–Crippen LogP) is 2.08. The van der Waals surface area contributed by atoms with Gasteiger partial charge in [-0.1, -0.05) is 23.2 Å². The zero-order valence-corrected chi connectivity index (χ0v) is 15.7. The summed E-state index contributed by atoms with van der Waals surface area (Å²) < 4.78 is 26.9. The molecule has 2 aliphatic rings. The summed E-state index contributed by atoms with van der Waals surface area (Å²) in [5.41, 5.74) is 0. The smallest absolute Gasteiger partial charge is 0.243 e. The number of nitrogens with one attached hydrogen (secondary N) is 1. The summed E-state index contributed by atoms with van der Waals surface area (Å²) in [6.07, 6.45) is 1.14. The Morgan fingerprint density at radius 3 is 2.17 bits per heavy atom. The Kier molecular flexibility index (Phi) is 6.58. The van der Waals surface area contributed by atoms with Crippen molar-refractivity contribution in [2.75, 3.05) is 39.3 Å². The fourth-order valence-electron chi connectivity index (χ4n) is 3.09. The van der Waals surface area contributed by atoms with Crippen LogP contribution in [0.2, 0.25) is 10.0 Å². The first-order chi connectivity index (χ1) is 10.5. The van der Waals surface area contributed by atoms with Crippen LogP contribution in [0, 0.1) is 0 Å². The Balaban J connectivity index is 0.00000192. The van der Waals surface area contributed by atoms with Gasteiger partial charge in [-0.25, -0.2) is 8.42 Å². The van der Waals surface area contributed by atoms with E-state index in [1.807, 2.05) is 0 Å². The fourth-order valence-corrected chi connectivity index (χ4v) is 5.24. The van der Waals surface area contributed by atoms with Crippen LogP contribution in [0.25, 0.3) is 0 Å². The van der Waals surface area contributed by atoms with Crippen molar-refractivity contribution in [2.45, 2.75) is 17.4 Å². The van der Waals surface area contributed by atoms with Crippen LogP contribution in [0.5, 0.6) is 0 Å². The molecule has 0 spiro atoms. The lowest BCUT2D eigenvalue weighted by Crippen LogP contribution is -2.52. The summed E-state index contributed by atoms with van der Waals surface area (Å²) in [4.78, 5) is 2.54. The molecule has 9 heteroatoms. The Labute approximate surface area is 153 Å². The minimum Gasteiger partial charge on any atom is -0.315 e. The number of piperazine rings is 1. The summed E-state index contributed by atoms with van der Waals surface area (Å²) in [5, 5.41) is 4.02. The summed E-state index contributed by atoms with van der Waals surface area (Å²) in [5.74, 6) is 0. The van der Waals surface area contributed by atoms with E-state index in [4.69, 9.17) is 23.2 Å². The van der Waals surface area contributed by atoms with Gasteiger partial charge in [0.05, 0.1) is 4.90 Å². The maximum absolute atomic E-state index is 12.7. The van der Waals surface area contributed by atoms with Crippen LogP contribution >= 0.6 is 35.6 Å². The van der Waals surface area contributed by atoms with Gasteiger partial charge in [0.2, 0.25) is 10.0 Å². The second-order valence-electron chi connectivity index (χ2n) is 5.69. The Bertz CT molecular complexity index is 622. The van der Waals surface area contributed by atoms with Crippen molar-refractivity contribution in [2.24, 2.45) is 0 Å². The summed E-state index contributed by atoms with van der Waals surface area (Å²) >= 11 is 11.8. The molecule has 3 rings (SSSR count). The number of nitrogens with zero attached hydrogens (tertiary/aromatic N) is 2. The third-order valence-electron chi connectivity index (χ3n) is 4.30. The normalized spacial score (nSPS) is 23.7. The first-order valence-corrected chi connectivity index (χ1v) is 9.57. The molecule has 130 valence electrons. The molecule has 2 saturated heterocycles. The number of hydrogen-bond acceptors (Lipinski definition) is 4. The van der Waals surface area contributed by atoms with Gasteiger partial charge < -0.3 is 5.32 Å². The van der Waals surface area contributed by atoms with Gasteiger partial charge in [-0.3, -0.25) is 4.90 Å². The van der Waals surface area contributed by atoms with Crippen LogP contribution in [0.4, 0.5) is 0 Å². The zero-order chi connectivity index (χ0) is 15.7. The molecule has 2 heterocycles. The average molecular weight is 401 g/mol. The fraction of sp³-hybridized carbons (Fsp3) is 0.571. The lowest BCUT2D eigenvalue weighted by atomic mass is 10.2. The molecule has 1 atom stereocenters. The van der Waals surface area contributed by atoms with Crippen LogP contribution in [0.1, 0.15) is 6.42 Å². The number of benzene rings is 1. The SMILES string of the molecule is Cl.O=S(=O)(c1cc(Cl)cc(Cl)c1)N1CCN(C2CCNC2)CC1. The van der Waals surface area contributed by atoms with Crippen LogP contribution in [0.15, 0.2) is 23.1 Å². The maximum atomic E-state index is 12.7. The van der Waals surface area contributed by atoms with E-state index in [-0.39, 0.29) is 17.3 Å². The van der Waals surface area contributed by atoms with Crippen molar-refractivity contribution in [1.29, 1.82) is 0 Å². The number of halogens is 3. The molecular weight excluding hydrogens is 381 g/mol. The molecule has 0 amide bonds. The molecule has 5 nitrogen and oxygen atoms in total. The number of rotatable bonds is 3. The number of hydrogen-bond donors (Lipinski definition) is 1. The van der Waals surface area contributed by atoms with E-state index in [0.717, 1.165) is 32.6 Å². The second-order valence-corrected chi connectivity index (χ2v) is 8.50. The van der Waals surface area contributed by atoms with Crippen molar-refractivity contribution in [3.8, 4) is 0 Å². The average Bonchev–Trinajstić information content (AvgIpc) is 3.00. The van der Waals surface area contributed by atoms with E-state index in [9.17, 15) is 8.42 Å². The second kappa shape index (κ2) is 7.87. The third-order valence-corrected chi connectivity index (χ3v) is 6.61. The molecule has 0 aromatic heterocycles. The Morgan fingerprint density at radius 2 is 1.65 bits per heavy atom. The van der Waals surface area contributed by atoms with Crippen LogP contribution in [-0.4, -0.2) is 62.9 Å². The molecule has 0 aliphatic carbocycles. The molecule has 1 unspecified atom stereocenters. The Hall–Kier alpha value is -0.0800. The van der Waals surface area contributed by atoms with Crippen molar-refractivity contribution >= 4 is 45.6 Å². The monoisotopic (exact) mass is 399 g/mol. The minimum absolute atomic E-state index is 0. The van der Waals surface area contributed by atoms with Gasteiger partial charge in [0.15, 0.2) is 0 Å². The van der Waals surface area contributed by atoms with E-state index in [1.54, 1.807) is 0 Å². The van der Waals surface area contributed by atoms with Gasteiger partial charge >= 0.3 is 0 Å². The van der Waals surface area contributed by atoms with Gasteiger partial charge in [0.25, 0.3) is 0 Å². The van der Waals surface area contributed by atoms with Gasteiger partial charge in [-0.2, -0.15) is 4.31 Å². The lowest BCUT2D eigenvalue weighted by molar-refractivity contribution is 0.145. The highest BCUT2D eigenvalue weighted by Gasteiger charge is 2.32. The highest BCUT2D eigenvalue weighted by Crippen LogP contribution is 2.25.